The van der Waals surface area contributed by atoms with Crippen LogP contribution >= 0.6 is 15.9 Å². The molecule has 2 heteroatoms. The lowest BCUT2D eigenvalue weighted by Gasteiger charge is -2.35. The quantitative estimate of drug-likeness (QED) is 0.832. The van der Waals surface area contributed by atoms with E-state index in [0.717, 1.165) is 0 Å². The van der Waals surface area contributed by atoms with Gasteiger partial charge in [0.05, 0.1) is 0 Å². The van der Waals surface area contributed by atoms with Gasteiger partial charge in [-0.15, -0.1) is 0 Å². The summed E-state index contributed by atoms with van der Waals surface area (Å²) >= 11 is 3.60. The van der Waals surface area contributed by atoms with Gasteiger partial charge in [0, 0.05) is 10.5 Å². The van der Waals surface area contributed by atoms with Crippen LogP contribution in [0.25, 0.3) is 0 Å². The molecular formula is C16H24BrN. The Morgan fingerprint density at radius 2 is 1.83 bits per heavy atom. The van der Waals surface area contributed by atoms with Crippen LogP contribution in [-0.2, 0) is 0 Å². The van der Waals surface area contributed by atoms with E-state index in [1.165, 1.54) is 53.3 Å². The van der Waals surface area contributed by atoms with E-state index in [0.29, 0.717) is 5.41 Å². The van der Waals surface area contributed by atoms with Crippen molar-refractivity contribution in [2.75, 3.05) is 0 Å². The Kier molecular flexibility index (Phi) is 4.18. The Labute approximate surface area is 119 Å². The van der Waals surface area contributed by atoms with Crippen molar-refractivity contribution in [3.8, 4) is 0 Å². The fourth-order valence-corrected chi connectivity index (χ4v) is 3.89. The lowest BCUT2D eigenvalue weighted by Crippen LogP contribution is -2.32. The van der Waals surface area contributed by atoms with E-state index in [2.05, 4.69) is 48.8 Å². The smallest absolute Gasteiger partial charge is 0.0354 e. The van der Waals surface area contributed by atoms with Crippen LogP contribution in [0.5, 0.6) is 0 Å². The molecule has 1 fully saturated rings. The number of hydrogen-bond donors (Lipinski definition) is 1. The van der Waals surface area contributed by atoms with Crippen molar-refractivity contribution in [3.63, 3.8) is 0 Å². The zero-order valence-corrected chi connectivity index (χ0v) is 13.3. The maximum Gasteiger partial charge on any atom is 0.0354 e. The van der Waals surface area contributed by atoms with Gasteiger partial charge >= 0.3 is 0 Å². The van der Waals surface area contributed by atoms with Gasteiger partial charge in [-0.2, -0.15) is 0 Å². The fourth-order valence-electron chi connectivity index (χ4n) is 3.43. The van der Waals surface area contributed by atoms with Crippen molar-refractivity contribution >= 4 is 15.9 Å². The lowest BCUT2D eigenvalue weighted by molar-refractivity contribution is 0.221. The molecule has 0 radical (unpaired) electrons. The van der Waals surface area contributed by atoms with Gasteiger partial charge < -0.3 is 5.73 Å². The highest BCUT2D eigenvalue weighted by atomic mass is 79.9. The first kappa shape index (κ1) is 14.1. The van der Waals surface area contributed by atoms with Gasteiger partial charge in [-0.1, -0.05) is 41.8 Å². The van der Waals surface area contributed by atoms with E-state index in [-0.39, 0.29) is 6.04 Å². The molecule has 2 rings (SSSR count). The monoisotopic (exact) mass is 309 g/mol. The highest BCUT2D eigenvalue weighted by Gasteiger charge is 2.39. The number of nitrogens with two attached hydrogens (primary N) is 1. The number of benzene rings is 1. The van der Waals surface area contributed by atoms with Crippen LogP contribution in [-0.4, -0.2) is 0 Å². The van der Waals surface area contributed by atoms with E-state index >= 15 is 0 Å². The molecule has 1 aromatic rings. The van der Waals surface area contributed by atoms with E-state index in [1.807, 2.05) is 0 Å². The summed E-state index contributed by atoms with van der Waals surface area (Å²) in [6, 6.07) is 4.68. The molecule has 100 valence electrons. The summed E-state index contributed by atoms with van der Waals surface area (Å²) in [7, 11) is 0. The number of hydrogen-bond acceptors (Lipinski definition) is 1. The summed E-state index contributed by atoms with van der Waals surface area (Å²) < 4.78 is 1.19. The summed E-state index contributed by atoms with van der Waals surface area (Å²) in [6.07, 6.45) is 6.47. The predicted octanol–water partition coefficient (Wildman–Crippen LogP) is 5.04. The second-order valence-electron chi connectivity index (χ2n) is 5.86. The van der Waals surface area contributed by atoms with Crippen LogP contribution in [0.1, 0.15) is 61.8 Å². The average Bonchev–Trinajstić information content (AvgIpc) is 2.83. The molecule has 0 saturated heterocycles. The Hall–Kier alpha value is -0.340. The largest absolute Gasteiger partial charge is 0.323 e. The third kappa shape index (κ3) is 2.37. The molecule has 0 aliphatic heterocycles. The first-order chi connectivity index (χ1) is 8.50. The van der Waals surface area contributed by atoms with E-state index < -0.39 is 0 Å². The van der Waals surface area contributed by atoms with Crippen molar-refractivity contribution < 1.29 is 0 Å². The molecule has 1 nitrogen and oxygen atoms in total. The number of rotatable bonds is 3. The van der Waals surface area contributed by atoms with Crippen LogP contribution in [0.15, 0.2) is 16.6 Å². The molecule has 18 heavy (non-hydrogen) atoms. The number of aryl methyl sites for hydroxylation is 2. The van der Waals surface area contributed by atoms with Gasteiger partial charge in [-0.25, -0.2) is 0 Å². The van der Waals surface area contributed by atoms with Gasteiger partial charge in [0.1, 0.15) is 0 Å². The third-order valence-corrected chi connectivity index (χ3v) is 5.70. The van der Waals surface area contributed by atoms with Crippen molar-refractivity contribution in [2.24, 2.45) is 11.1 Å². The molecule has 0 amide bonds. The third-order valence-electron chi connectivity index (χ3n) is 4.85. The molecule has 1 unspecified atom stereocenters. The van der Waals surface area contributed by atoms with Crippen LogP contribution in [0.2, 0.25) is 0 Å². The van der Waals surface area contributed by atoms with E-state index in [9.17, 15) is 0 Å². The van der Waals surface area contributed by atoms with Crippen molar-refractivity contribution in [1.29, 1.82) is 0 Å². The predicted molar refractivity (Wildman–Crippen MR) is 81.7 cm³/mol. The Balaban J connectivity index is 2.39. The van der Waals surface area contributed by atoms with Crippen LogP contribution in [0, 0.1) is 19.3 Å². The van der Waals surface area contributed by atoms with Gasteiger partial charge in [0.15, 0.2) is 0 Å². The Bertz CT molecular complexity index is 433. The van der Waals surface area contributed by atoms with Gasteiger partial charge in [0.2, 0.25) is 0 Å². The van der Waals surface area contributed by atoms with Crippen molar-refractivity contribution in [1.82, 2.24) is 0 Å². The molecule has 2 N–H and O–H groups in total. The van der Waals surface area contributed by atoms with Gasteiger partial charge in [-0.3, -0.25) is 0 Å². The molecule has 1 saturated carbocycles. The Morgan fingerprint density at radius 3 is 2.39 bits per heavy atom. The maximum absolute atomic E-state index is 6.65. The highest BCUT2D eigenvalue weighted by molar-refractivity contribution is 9.10. The Morgan fingerprint density at radius 1 is 1.22 bits per heavy atom. The van der Waals surface area contributed by atoms with Gasteiger partial charge in [0.25, 0.3) is 0 Å². The molecule has 1 atom stereocenters. The second kappa shape index (κ2) is 5.34. The zero-order chi connectivity index (χ0) is 13.3. The molecule has 1 aliphatic carbocycles. The minimum absolute atomic E-state index is 0.191. The summed E-state index contributed by atoms with van der Waals surface area (Å²) in [6.45, 7) is 6.62. The average molecular weight is 310 g/mol. The SMILES string of the molecule is CCC1(C(N)c2cc(C)c(Br)cc2C)CCCC1. The topological polar surface area (TPSA) is 26.0 Å². The van der Waals surface area contributed by atoms with Crippen LogP contribution in [0.4, 0.5) is 0 Å². The molecular weight excluding hydrogens is 286 g/mol. The second-order valence-corrected chi connectivity index (χ2v) is 6.71. The first-order valence-electron chi connectivity index (χ1n) is 7.02. The van der Waals surface area contributed by atoms with Gasteiger partial charge in [-0.05, 0) is 61.3 Å². The molecule has 0 heterocycles. The maximum atomic E-state index is 6.65. The normalized spacial score (nSPS) is 20.1. The zero-order valence-electron chi connectivity index (χ0n) is 11.7. The molecule has 0 spiro atoms. The standard InChI is InChI=1S/C16H24BrN/c1-4-16(7-5-6-8-16)15(18)13-9-12(3)14(17)10-11(13)2/h9-10,15H,4-8,18H2,1-3H3. The molecule has 1 aromatic carbocycles. The molecule has 1 aliphatic rings. The number of halogens is 1. The molecule has 0 aromatic heterocycles. The fraction of sp³-hybridized carbons (Fsp3) is 0.625. The minimum Gasteiger partial charge on any atom is -0.323 e. The summed E-state index contributed by atoms with van der Waals surface area (Å²) in [5, 5.41) is 0. The van der Waals surface area contributed by atoms with Crippen molar-refractivity contribution in [2.45, 2.75) is 58.9 Å². The summed E-state index contributed by atoms with van der Waals surface area (Å²) in [5.41, 5.74) is 10.9. The lowest BCUT2D eigenvalue weighted by atomic mass is 9.73. The van der Waals surface area contributed by atoms with E-state index in [1.54, 1.807) is 0 Å². The summed E-state index contributed by atoms with van der Waals surface area (Å²) in [4.78, 5) is 0. The van der Waals surface area contributed by atoms with Crippen molar-refractivity contribution in [3.05, 3.63) is 33.3 Å². The molecule has 0 bridgehead atoms. The van der Waals surface area contributed by atoms with E-state index in [4.69, 9.17) is 5.73 Å². The first-order valence-corrected chi connectivity index (χ1v) is 7.82. The van der Waals surface area contributed by atoms with Crippen LogP contribution < -0.4 is 5.73 Å². The van der Waals surface area contributed by atoms with Crippen LogP contribution in [0.3, 0.4) is 0 Å². The highest BCUT2D eigenvalue weighted by Crippen LogP contribution is 2.49. The minimum atomic E-state index is 0.191. The summed E-state index contributed by atoms with van der Waals surface area (Å²) in [5.74, 6) is 0.